The molecule has 0 atom stereocenters. The Morgan fingerprint density at radius 3 is 3.38 bits per heavy atom. The fourth-order valence-electron chi connectivity index (χ4n) is 1.91. The molecule has 2 aromatic heterocycles. The van der Waals surface area contributed by atoms with Crippen molar-refractivity contribution in [2.24, 2.45) is 0 Å². The maximum atomic E-state index is 4.53. The standard InChI is InChI=1S/C10H11N3/c1-2-6-13-10(3-1)8-7-11-5-4-9(8)12-13/h1-3,6,11H,4-5,7H2. The monoisotopic (exact) mass is 173 g/mol. The summed E-state index contributed by atoms with van der Waals surface area (Å²) in [4.78, 5) is 0. The first-order chi connectivity index (χ1) is 6.45. The van der Waals surface area contributed by atoms with Crippen LogP contribution in [0.4, 0.5) is 0 Å². The van der Waals surface area contributed by atoms with Crippen LogP contribution < -0.4 is 5.32 Å². The maximum absolute atomic E-state index is 4.53. The van der Waals surface area contributed by atoms with Crippen LogP contribution in [0.1, 0.15) is 11.3 Å². The van der Waals surface area contributed by atoms with E-state index < -0.39 is 0 Å². The fraction of sp³-hybridized carbons (Fsp3) is 0.300. The molecule has 3 heterocycles. The lowest BCUT2D eigenvalue weighted by Crippen LogP contribution is -2.22. The number of hydrogen-bond donors (Lipinski definition) is 1. The lowest BCUT2D eigenvalue weighted by molar-refractivity contribution is 0.637. The van der Waals surface area contributed by atoms with Crippen molar-refractivity contribution >= 4 is 5.52 Å². The molecule has 1 N–H and O–H groups in total. The van der Waals surface area contributed by atoms with Gasteiger partial charge >= 0.3 is 0 Å². The van der Waals surface area contributed by atoms with Crippen molar-refractivity contribution in [1.29, 1.82) is 0 Å². The smallest absolute Gasteiger partial charge is 0.0709 e. The average Bonchev–Trinajstić information content (AvgIpc) is 2.56. The summed E-state index contributed by atoms with van der Waals surface area (Å²) < 4.78 is 1.97. The molecule has 0 radical (unpaired) electrons. The lowest BCUT2D eigenvalue weighted by Gasteiger charge is -2.10. The first-order valence-electron chi connectivity index (χ1n) is 4.61. The highest BCUT2D eigenvalue weighted by Gasteiger charge is 2.14. The Balaban J connectivity index is 2.34. The highest BCUT2D eigenvalue weighted by atomic mass is 15.2. The average molecular weight is 173 g/mol. The van der Waals surface area contributed by atoms with Gasteiger partial charge in [-0.05, 0) is 12.1 Å². The molecule has 2 aromatic rings. The van der Waals surface area contributed by atoms with Crippen molar-refractivity contribution in [3.05, 3.63) is 35.7 Å². The molecule has 0 aliphatic carbocycles. The van der Waals surface area contributed by atoms with E-state index in [2.05, 4.69) is 22.5 Å². The third-order valence-corrected chi connectivity index (χ3v) is 2.57. The highest BCUT2D eigenvalue weighted by Crippen LogP contribution is 2.18. The molecule has 0 bridgehead atoms. The molecule has 0 saturated heterocycles. The van der Waals surface area contributed by atoms with Crippen LogP contribution in [0.15, 0.2) is 24.4 Å². The SMILES string of the molecule is c1ccn2nc3c(c2c1)CNCC3. The summed E-state index contributed by atoms with van der Waals surface area (Å²) in [6.45, 7) is 2.01. The second-order valence-electron chi connectivity index (χ2n) is 3.38. The molecule has 13 heavy (non-hydrogen) atoms. The molecular weight excluding hydrogens is 162 g/mol. The van der Waals surface area contributed by atoms with Gasteiger partial charge < -0.3 is 5.32 Å². The van der Waals surface area contributed by atoms with Crippen LogP contribution in [-0.4, -0.2) is 16.2 Å². The number of pyridine rings is 1. The molecule has 0 saturated carbocycles. The quantitative estimate of drug-likeness (QED) is 0.643. The minimum Gasteiger partial charge on any atom is -0.312 e. The van der Waals surface area contributed by atoms with Crippen molar-refractivity contribution in [2.75, 3.05) is 6.54 Å². The van der Waals surface area contributed by atoms with Gasteiger partial charge in [-0.1, -0.05) is 6.07 Å². The zero-order chi connectivity index (χ0) is 8.67. The predicted molar refractivity (Wildman–Crippen MR) is 50.6 cm³/mol. The van der Waals surface area contributed by atoms with Gasteiger partial charge in [-0.25, -0.2) is 4.52 Å². The van der Waals surface area contributed by atoms with Crippen molar-refractivity contribution in [2.45, 2.75) is 13.0 Å². The van der Waals surface area contributed by atoms with Crippen LogP contribution in [0.5, 0.6) is 0 Å². The van der Waals surface area contributed by atoms with E-state index in [9.17, 15) is 0 Å². The summed E-state index contributed by atoms with van der Waals surface area (Å²) in [7, 11) is 0. The zero-order valence-corrected chi connectivity index (χ0v) is 7.33. The van der Waals surface area contributed by atoms with Crippen LogP contribution in [0.2, 0.25) is 0 Å². The molecule has 0 fully saturated rings. The van der Waals surface area contributed by atoms with Crippen LogP contribution in [0.25, 0.3) is 5.52 Å². The number of rotatable bonds is 0. The van der Waals surface area contributed by atoms with Gasteiger partial charge in [0.05, 0.1) is 11.2 Å². The Labute approximate surface area is 76.4 Å². The summed E-state index contributed by atoms with van der Waals surface area (Å²) >= 11 is 0. The van der Waals surface area contributed by atoms with Gasteiger partial charge in [-0.3, -0.25) is 0 Å². The van der Waals surface area contributed by atoms with Crippen LogP contribution in [0, 0.1) is 0 Å². The molecule has 66 valence electrons. The molecule has 0 unspecified atom stereocenters. The molecular formula is C10H11N3. The van der Waals surface area contributed by atoms with E-state index in [1.807, 2.05) is 16.8 Å². The van der Waals surface area contributed by atoms with Gasteiger partial charge in [0.1, 0.15) is 0 Å². The van der Waals surface area contributed by atoms with E-state index >= 15 is 0 Å². The van der Waals surface area contributed by atoms with E-state index in [-0.39, 0.29) is 0 Å². The second kappa shape index (κ2) is 2.57. The van der Waals surface area contributed by atoms with Crippen molar-refractivity contribution in [1.82, 2.24) is 14.9 Å². The van der Waals surface area contributed by atoms with Crippen LogP contribution >= 0.6 is 0 Å². The Morgan fingerprint density at radius 1 is 1.38 bits per heavy atom. The van der Waals surface area contributed by atoms with E-state index in [1.165, 1.54) is 16.8 Å². The summed E-state index contributed by atoms with van der Waals surface area (Å²) in [5.41, 5.74) is 3.86. The summed E-state index contributed by atoms with van der Waals surface area (Å²) in [5, 5.41) is 7.90. The number of aromatic nitrogens is 2. The molecule has 3 nitrogen and oxygen atoms in total. The minimum absolute atomic E-state index is 0.961. The van der Waals surface area contributed by atoms with Crippen molar-refractivity contribution in [3.63, 3.8) is 0 Å². The van der Waals surface area contributed by atoms with E-state index in [1.54, 1.807) is 0 Å². The topological polar surface area (TPSA) is 29.3 Å². The normalized spacial score (nSPS) is 16.0. The summed E-state index contributed by atoms with van der Waals surface area (Å²) in [6, 6.07) is 6.20. The largest absolute Gasteiger partial charge is 0.312 e. The molecule has 3 rings (SSSR count). The summed E-state index contributed by atoms with van der Waals surface area (Å²) in [5.74, 6) is 0. The van der Waals surface area contributed by atoms with Gasteiger partial charge in [-0.2, -0.15) is 5.10 Å². The Morgan fingerprint density at radius 2 is 2.38 bits per heavy atom. The second-order valence-corrected chi connectivity index (χ2v) is 3.38. The van der Waals surface area contributed by atoms with E-state index in [0.717, 1.165) is 19.5 Å². The van der Waals surface area contributed by atoms with Gasteiger partial charge in [0.2, 0.25) is 0 Å². The van der Waals surface area contributed by atoms with Crippen molar-refractivity contribution < 1.29 is 0 Å². The molecule has 0 spiro atoms. The molecule has 1 aliphatic heterocycles. The Kier molecular flexibility index (Phi) is 1.40. The molecule has 0 amide bonds. The Bertz CT molecular complexity index is 444. The van der Waals surface area contributed by atoms with Gasteiger partial charge in [0, 0.05) is 31.3 Å². The first-order valence-corrected chi connectivity index (χ1v) is 4.61. The van der Waals surface area contributed by atoms with Gasteiger partial charge in [0.15, 0.2) is 0 Å². The number of hydrogen-bond acceptors (Lipinski definition) is 2. The molecule has 0 aromatic carbocycles. The van der Waals surface area contributed by atoms with E-state index in [0.29, 0.717) is 0 Å². The summed E-state index contributed by atoms with van der Waals surface area (Å²) in [6.07, 6.45) is 3.06. The fourth-order valence-corrected chi connectivity index (χ4v) is 1.91. The molecule has 3 heteroatoms. The van der Waals surface area contributed by atoms with Crippen molar-refractivity contribution in [3.8, 4) is 0 Å². The predicted octanol–water partition coefficient (Wildman–Crippen LogP) is 0.980. The highest BCUT2D eigenvalue weighted by molar-refractivity contribution is 5.56. The van der Waals surface area contributed by atoms with Crippen LogP contribution in [-0.2, 0) is 13.0 Å². The lowest BCUT2D eigenvalue weighted by atomic mass is 10.1. The first kappa shape index (κ1) is 7.09. The van der Waals surface area contributed by atoms with Gasteiger partial charge in [0.25, 0.3) is 0 Å². The molecule has 1 aliphatic rings. The Hall–Kier alpha value is -1.35. The minimum atomic E-state index is 0.961. The number of nitrogens with zero attached hydrogens (tertiary/aromatic N) is 2. The number of nitrogens with one attached hydrogen (secondary N) is 1. The number of fused-ring (bicyclic) bond motifs is 3. The zero-order valence-electron chi connectivity index (χ0n) is 7.33. The van der Waals surface area contributed by atoms with Gasteiger partial charge in [-0.15, -0.1) is 0 Å². The van der Waals surface area contributed by atoms with E-state index in [4.69, 9.17) is 0 Å². The van der Waals surface area contributed by atoms with Crippen LogP contribution in [0.3, 0.4) is 0 Å². The third-order valence-electron chi connectivity index (χ3n) is 2.57. The maximum Gasteiger partial charge on any atom is 0.0709 e. The third kappa shape index (κ3) is 0.971.